The molecule has 0 aromatic heterocycles. The zero-order chi connectivity index (χ0) is 9.03. The first-order valence-corrected chi connectivity index (χ1v) is 4.30. The van der Waals surface area contributed by atoms with Gasteiger partial charge in [0.25, 0.3) is 0 Å². The lowest BCUT2D eigenvalue weighted by molar-refractivity contribution is -0.146. The first kappa shape index (κ1) is 9.28. The van der Waals surface area contributed by atoms with Crippen LogP contribution in [-0.4, -0.2) is 18.0 Å². The highest BCUT2D eigenvalue weighted by Gasteiger charge is 2.34. The SMILES string of the molecule is C#CCC(=O)C1(C)CCCCO1. The normalized spacial score (nSPS) is 29.3. The van der Waals surface area contributed by atoms with Crippen molar-refractivity contribution in [2.75, 3.05) is 6.61 Å². The van der Waals surface area contributed by atoms with Gasteiger partial charge >= 0.3 is 0 Å². The molecule has 0 bridgehead atoms. The minimum Gasteiger partial charge on any atom is -0.367 e. The average Bonchev–Trinajstić information content (AvgIpc) is 2.06. The summed E-state index contributed by atoms with van der Waals surface area (Å²) in [6, 6.07) is 0. The van der Waals surface area contributed by atoms with Gasteiger partial charge in [0, 0.05) is 6.61 Å². The Balaban J connectivity index is 2.57. The van der Waals surface area contributed by atoms with Gasteiger partial charge in [-0.15, -0.1) is 6.42 Å². The van der Waals surface area contributed by atoms with Crippen LogP contribution < -0.4 is 0 Å². The van der Waals surface area contributed by atoms with E-state index < -0.39 is 5.60 Å². The zero-order valence-electron chi connectivity index (χ0n) is 7.43. The molecule has 0 aromatic rings. The van der Waals surface area contributed by atoms with Gasteiger partial charge in [-0.05, 0) is 26.2 Å². The molecular weight excluding hydrogens is 152 g/mol. The molecule has 12 heavy (non-hydrogen) atoms. The topological polar surface area (TPSA) is 26.3 Å². The van der Waals surface area contributed by atoms with Crippen molar-refractivity contribution in [2.24, 2.45) is 0 Å². The van der Waals surface area contributed by atoms with Gasteiger partial charge in [-0.3, -0.25) is 4.79 Å². The highest BCUT2D eigenvalue weighted by atomic mass is 16.5. The summed E-state index contributed by atoms with van der Waals surface area (Å²) in [7, 11) is 0. The van der Waals surface area contributed by atoms with Crippen molar-refractivity contribution in [2.45, 2.75) is 38.2 Å². The third kappa shape index (κ3) is 1.86. The van der Waals surface area contributed by atoms with Crippen LogP contribution in [0.3, 0.4) is 0 Å². The molecule has 0 amide bonds. The average molecular weight is 166 g/mol. The van der Waals surface area contributed by atoms with Crippen LogP contribution in [-0.2, 0) is 9.53 Å². The highest BCUT2D eigenvalue weighted by molar-refractivity contribution is 5.88. The fourth-order valence-corrected chi connectivity index (χ4v) is 1.43. The summed E-state index contributed by atoms with van der Waals surface area (Å²) in [4.78, 5) is 11.5. The Morgan fingerprint density at radius 2 is 2.42 bits per heavy atom. The fraction of sp³-hybridized carbons (Fsp3) is 0.700. The number of carbonyl (C=O) groups is 1. The van der Waals surface area contributed by atoms with Gasteiger partial charge in [0.05, 0.1) is 6.42 Å². The summed E-state index contributed by atoms with van der Waals surface area (Å²) in [5.74, 6) is 2.41. The van der Waals surface area contributed by atoms with E-state index in [2.05, 4.69) is 5.92 Å². The number of ether oxygens (including phenoxy) is 1. The van der Waals surface area contributed by atoms with Crippen molar-refractivity contribution in [1.29, 1.82) is 0 Å². The summed E-state index contributed by atoms with van der Waals surface area (Å²) in [6.45, 7) is 2.53. The molecule has 1 aliphatic rings. The summed E-state index contributed by atoms with van der Waals surface area (Å²) >= 11 is 0. The van der Waals surface area contributed by atoms with Crippen molar-refractivity contribution in [3.8, 4) is 12.3 Å². The van der Waals surface area contributed by atoms with Crippen LogP contribution >= 0.6 is 0 Å². The Morgan fingerprint density at radius 1 is 1.67 bits per heavy atom. The summed E-state index contributed by atoms with van der Waals surface area (Å²) in [6.07, 6.45) is 8.19. The Hall–Kier alpha value is -0.810. The van der Waals surface area contributed by atoms with Gasteiger partial charge in [0.2, 0.25) is 0 Å². The van der Waals surface area contributed by atoms with Crippen molar-refractivity contribution in [3.05, 3.63) is 0 Å². The Kier molecular flexibility index (Phi) is 2.88. The number of Topliss-reactive ketones (excluding diaryl/α,β-unsaturated/α-hetero) is 1. The van der Waals surface area contributed by atoms with Gasteiger partial charge in [0.1, 0.15) is 5.60 Å². The van der Waals surface area contributed by atoms with E-state index in [0.29, 0.717) is 6.61 Å². The molecule has 1 unspecified atom stereocenters. The number of carbonyl (C=O) groups excluding carboxylic acids is 1. The van der Waals surface area contributed by atoms with E-state index in [4.69, 9.17) is 11.2 Å². The Morgan fingerprint density at radius 3 is 2.92 bits per heavy atom. The third-order valence-electron chi connectivity index (χ3n) is 2.32. The second kappa shape index (κ2) is 3.73. The van der Waals surface area contributed by atoms with Crippen molar-refractivity contribution in [1.82, 2.24) is 0 Å². The van der Waals surface area contributed by atoms with Crippen molar-refractivity contribution >= 4 is 5.78 Å². The predicted octanol–water partition coefficient (Wildman–Crippen LogP) is 1.54. The third-order valence-corrected chi connectivity index (χ3v) is 2.32. The highest BCUT2D eigenvalue weighted by Crippen LogP contribution is 2.26. The van der Waals surface area contributed by atoms with Crippen LogP contribution in [0.15, 0.2) is 0 Å². The lowest BCUT2D eigenvalue weighted by Crippen LogP contribution is -2.41. The standard InChI is InChI=1S/C10H14O2/c1-3-6-9(11)10(2)7-4-5-8-12-10/h1H,4-8H2,2H3. The minimum atomic E-state index is -0.593. The number of hydrogen-bond donors (Lipinski definition) is 0. The largest absolute Gasteiger partial charge is 0.367 e. The number of ketones is 1. The molecule has 1 atom stereocenters. The molecule has 0 aliphatic carbocycles. The zero-order valence-corrected chi connectivity index (χ0v) is 7.43. The Bertz CT molecular complexity index is 206. The van der Waals surface area contributed by atoms with Crippen LogP contribution in [0.2, 0.25) is 0 Å². The van der Waals surface area contributed by atoms with Gasteiger partial charge in [-0.25, -0.2) is 0 Å². The van der Waals surface area contributed by atoms with Crippen LogP contribution in [0.4, 0.5) is 0 Å². The molecule has 2 nitrogen and oxygen atoms in total. The molecule has 0 saturated carbocycles. The molecule has 0 radical (unpaired) electrons. The summed E-state index contributed by atoms with van der Waals surface area (Å²) in [5, 5.41) is 0. The smallest absolute Gasteiger partial charge is 0.176 e. The van der Waals surface area contributed by atoms with Crippen LogP contribution in [0, 0.1) is 12.3 Å². The van der Waals surface area contributed by atoms with Gasteiger partial charge < -0.3 is 4.74 Å². The van der Waals surface area contributed by atoms with Gasteiger partial charge in [0.15, 0.2) is 5.78 Å². The molecule has 66 valence electrons. The molecular formula is C10H14O2. The molecule has 1 heterocycles. The summed E-state index contributed by atoms with van der Waals surface area (Å²) < 4.78 is 5.43. The van der Waals surface area contributed by atoms with E-state index in [1.54, 1.807) is 0 Å². The molecule has 0 spiro atoms. The van der Waals surface area contributed by atoms with E-state index in [1.807, 2.05) is 6.92 Å². The first-order valence-electron chi connectivity index (χ1n) is 4.30. The van der Waals surface area contributed by atoms with Crippen LogP contribution in [0.25, 0.3) is 0 Å². The molecule has 2 heteroatoms. The van der Waals surface area contributed by atoms with Crippen molar-refractivity contribution in [3.63, 3.8) is 0 Å². The Labute approximate surface area is 73.3 Å². The maximum atomic E-state index is 11.5. The molecule has 1 rings (SSSR count). The second-order valence-electron chi connectivity index (χ2n) is 3.34. The van der Waals surface area contributed by atoms with Crippen LogP contribution in [0.5, 0.6) is 0 Å². The van der Waals surface area contributed by atoms with E-state index in [0.717, 1.165) is 19.3 Å². The minimum absolute atomic E-state index is 0.0460. The van der Waals surface area contributed by atoms with Crippen LogP contribution in [0.1, 0.15) is 32.6 Å². The van der Waals surface area contributed by atoms with Gasteiger partial charge in [-0.1, -0.05) is 5.92 Å². The van der Waals surface area contributed by atoms with Crippen molar-refractivity contribution < 1.29 is 9.53 Å². The number of rotatable bonds is 2. The van der Waals surface area contributed by atoms with E-state index in [9.17, 15) is 4.79 Å². The van der Waals surface area contributed by atoms with E-state index >= 15 is 0 Å². The fourth-order valence-electron chi connectivity index (χ4n) is 1.43. The number of hydrogen-bond acceptors (Lipinski definition) is 2. The molecule has 0 aromatic carbocycles. The lowest BCUT2D eigenvalue weighted by Gasteiger charge is -2.31. The first-order chi connectivity index (χ1) is 5.69. The second-order valence-corrected chi connectivity index (χ2v) is 3.34. The molecule has 0 N–H and O–H groups in total. The lowest BCUT2D eigenvalue weighted by atomic mass is 9.90. The molecule has 1 saturated heterocycles. The monoisotopic (exact) mass is 166 g/mol. The maximum absolute atomic E-state index is 11.5. The maximum Gasteiger partial charge on any atom is 0.176 e. The quantitative estimate of drug-likeness (QED) is 0.582. The summed E-state index contributed by atoms with van der Waals surface area (Å²) in [5.41, 5.74) is -0.593. The predicted molar refractivity (Wildman–Crippen MR) is 46.7 cm³/mol. The van der Waals surface area contributed by atoms with E-state index in [1.165, 1.54) is 0 Å². The molecule has 1 fully saturated rings. The molecule has 1 aliphatic heterocycles. The van der Waals surface area contributed by atoms with E-state index in [-0.39, 0.29) is 12.2 Å². The number of terminal acetylenes is 1. The van der Waals surface area contributed by atoms with Gasteiger partial charge in [-0.2, -0.15) is 0 Å².